The van der Waals surface area contributed by atoms with Crippen molar-refractivity contribution in [3.63, 3.8) is 0 Å². The number of nitrogens with two attached hydrogens (primary N) is 1. The second-order valence-corrected chi connectivity index (χ2v) is 7.72. The fourth-order valence-electron chi connectivity index (χ4n) is 4.43. The first-order valence-electron chi connectivity index (χ1n) is 9.64. The van der Waals surface area contributed by atoms with Crippen LogP contribution < -0.4 is 5.73 Å². The number of carbonyl (C=O) groups is 1. The van der Waals surface area contributed by atoms with Gasteiger partial charge in [0.15, 0.2) is 0 Å². The number of aryl methyl sites for hydroxylation is 1. The summed E-state index contributed by atoms with van der Waals surface area (Å²) in [4.78, 5) is 22.9. The van der Waals surface area contributed by atoms with Gasteiger partial charge in [-0.3, -0.25) is 9.88 Å². The zero-order valence-corrected chi connectivity index (χ0v) is 15.7. The monoisotopic (exact) mass is 376 g/mol. The highest BCUT2D eigenvalue weighted by molar-refractivity contribution is 6.01. The molecule has 1 saturated carbocycles. The number of anilines is 1. The minimum Gasteiger partial charge on any atom is -0.398 e. The molecule has 1 fully saturated rings. The molecule has 0 spiro atoms. The Kier molecular flexibility index (Phi) is 3.91. The van der Waals surface area contributed by atoms with E-state index in [1.54, 1.807) is 19.1 Å². The van der Waals surface area contributed by atoms with E-state index < -0.39 is 5.95 Å². The van der Waals surface area contributed by atoms with Crippen LogP contribution in [-0.4, -0.2) is 27.2 Å². The number of nitrogen functional groups attached to an aromatic ring is 1. The lowest BCUT2D eigenvalue weighted by atomic mass is 9.90. The molecule has 0 radical (unpaired) electrons. The second kappa shape index (κ2) is 6.34. The smallest absolute Gasteiger partial charge is 0.221 e. The molecule has 1 unspecified atom stereocenters. The quantitative estimate of drug-likeness (QED) is 0.554. The maximum absolute atomic E-state index is 14.6. The van der Waals surface area contributed by atoms with Gasteiger partial charge in [-0.1, -0.05) is 24.6 Å². The third-order valence-corrected chi connectivity index (χ3v) is 6.11. The zero-order valence-electron chi connectivity index (χ0n) is 15.7. The van der Waals surface area contributed by atoms with E-state index in [1.165, 1.54) is 6.42 Å². The highest BCUT2D eigenvalue weighted by Gasteiger charge is 2.39. The van der Waals surface area contributed by atoms with E-state index >= 15 is 0 Å². The molecule has 5 rings (SSSR count). The predicted molar refractivity (Wildman–Crippen MR) is 106 cm³/mol. The van der Waals surface area contributed by atoms with Gasteiger partial charge in [0.25, 0.3) is 0 Å². The summed E-state index contributed by atoms with van der Waals surface area (Å²) in [5.74, 6) is -0.518. The van der Waals surface area contributed by atoms with Gasteiger partial charge < -0.3 is 10.5 Å². The van der Waals surface area contributed by atoms with E-state index in [4.69, 9.17) is 10.7 Å². The Morgan fingerprint density at radius 2 is 2.00 bits per heavy atom. The van der Waals surface area contributed by atoms with Gasteiger partial charge in [-0.05, 0) is 31.9 Å². The summed E-state index contributed by atoms with van der Waals surface area (Å²) in [5, 5.41) is 0.749. The van der Waals surface area contributed by atoms with Crippen LogP contribution in [0.2, 0.25) is 0 Å². The zero-order chi connectivity index (χ0) is 19.4. The van der Waals surface area contributed by atoms with Gasteiger partial charge in [0.05, 0.1) is 17.3 Å². The van der Waals surface area contributed by atoms with Crippen LogP contribution in [0.25, 0.3) is 22.0 Å². The van der Waals surface area contributed by atoms with E-state index in [0.29, 0.717) is 40.6 Å². The molecule has 3 heterocycles. The lowest BCUT2D eigenvalue weighted by Gasteiger charge is -2.36. The molecule has 0 saturated heterocycles. The van der Waals surface area contributed by atoms with E-state index in [9.17, 15) is 9.18 Å². The van der Waals surface area contributed by atoms with Gasteiger partial charge in [-0.15, -0.1) is 0 Å². The van der Waals surface area contributed by atoms with Gasteiger partial charge in [0.1, 0.15) is 6.29 Å². The number of aromatic nitrogens is 2. The normalized spacial score (nSPS) is 19.6. The van der Waals surface area contributed by atoms with Crippen LogP contribution >= 0.6 is 0 Å². The summed E-state index contributed by atoms with van der Waals surface area (Å²) >= 11 is 0. The van der Waals surface area contributed by atoms with Crippen molar-refractivity contribution < 1.29 is 9.18 Å². The van der Waals surface area contributed by atoms with E-state index in [-0.39, 0.29) is 6.04 Å². The van der Waals surface area contributed by atoms with Gasteiger partial charge in [0, 0.05) is 46.0 Å². The van der Waals surface area contributed by atoms with Crippen molar-refractivity contribution in [2.24, 2.45) is 0 Å². The van der Waals surface area contributed by atoms with Crippen LogP contribution in [0.4, 0.5) is 10.1 Å². The average Bonchev–Trinajstić information content (AvgIpc) is 2.98. The molecule has 1 aliphatic carbocycles. The molecule has 1 aromatic carbocycles. The van der Waals surface area contributed by atoms with E-state index in [0.717, 1.165) is 35.8 Å². The second-order valence-electron chi connectivity index (χ2n) is 7.72. The molecule has 3 aromatic rings. The molecule has 1 atom stereocenters. The number of aldehydes is 1. The summed E-state index contributed by atoms with van der Waals surface area (Å²) in [7, 11) is 0. The number of rotatable bonds is 3. The molecular formula is C22H21FN4O. The summed E-state index contributed by atoms with van der Waals surface area (Å²) in [6.45, 7) is 2.36. The highest BCUT2D eigenvalue weighted by Crippen LogP contribution is 2.44. The Morgan fingerprint density at radius 1 is 1.18 bits per heavy atom. The summed E-state index contributed by atoms with van der Waals surface area (Å²) in [5.41, 5.74) is 11.1. The number of hydrogen-bond acceptors (Lipinski definition) is 5. The Bertz CT molecular complexity index is 1110. The largest absolute Gasteiger partial charge is 0.398 e. The first-order chi connectivity index (χ1) is 13.6. The van der Waals surface area contributed by atoms with Crippen molar-refractivity contribution in [1.29, 1.82) is 0 Å². The lowest BCUT2D eigenvalue weighted by Crippen LogP contribution is -2.39. The molecule has 1 aliphatic heterocycles. The van der Waals surface area contributed by atoms with Crippen molar-refractivity contribution in [1.82, 2.24) is 14.9 Å². The number of pyridine rings is 2. The predicted octanol–water partition coefficient (Wildman–Crippen LogP) is 3.93. The fourth-order valence-corrected chi connectivity index (χ4v) is 4.43. The molecule has 142 valence electrons. The van der Waals surface area contributed by atoms with Crippen molar-refractivity contribution in [2.75, 3.05) is 5.73 Å². The van der Waals surface area contributed by atoms with Crippen LogP contribution in [-0.2, 0) is 11.3 Å². The third-order valence-electron chi connectivity index (χ3n) is 6.11. The Labute approximate surface area is 162 Å². The standard InChI is InChI=1S/C22H21FN4O/c1-12-8-9-15(22(23)25-12)14-6-3-7-16-20(24)19-17(26-21(14)16)10-27(18(19)11-28)13-4-2-5-13/h3,6-9,11,13,18H,2,4-5,10H2,1H3,(H2,24,26). The minimum absolute atomic E-state index is 0.348. The molecule has 2 aromatic heterocycles. The first-order valence-corrected chi connectivity index (χ1v) is 9.64. The molecular weight excluding hydrogens is 355 g/mol. The van der Waals surface area contributed by atoms with Gasteiger partial charge >= 0.3 is 0 Å². The number of carbonyl (C=O) groups excluding carboxylic acids is 1. The average molecular weight is 376 g/mol. The van der Waals surface area contributed by atoms with Crippen molar-refractivity contribution in [3.8, 4) is 11.1 Å². The molecule has 28 heavy (non-hydrogen) atoms. The lowest BCUT2D eigenvalue weighted by molar-refractivity contribution is -0.113. The van der Waals surface area contributed by atoms with Crippen molar-refractivity contribution >= 4 is 22.9 Å². The Morgan fingerprint density at radius 3 is 2.68 bits per heavy atom. The number of nitrogens with zero attached hydrogens (tertiary/aromatic N) is 3. The highest BCUT2D eigenvalue weighted by atomic mass is 19.1. The first kappa shape index (κ1) is 17.3. The van der Waals surface area contributed by atoms with Gasteiger partial charge in [0.2, 0.25) is 5.95 Å². The molecule has 2 aliphatic rings. The van der Waals surface area contributed by atoms with Crippen LogP contribution in [0.5, 0.6) is 0 Å². The Hall–Kier alpha value is -2.86. The van der Waals surface area contributed by atoms with Crippen LogP contribution in [0.3, 0.4) is 0 Å². The maximum atomic E-state index is 14.6. The van der Waals surface area contributed by atoms with Crippen LogP contribution in [0, 0.1) is 12.9 Å². The van der Waals surface area contributed by atoms with Crippen LogP contribution in [0.1, 0.15) is 42.3 Å². The molecule has 6 heteroatoms. The number of halogens is 1. The Balaban J connectivity index is 1.71. The molecule has 0 amide bonds. The van der Waals surface area contributed by atoms with Crippen molar-refractivity contribution in [2.45, 2.75) is 44.8 Å². The van der Waals surface area contributed by atoms with Crippen molar-refractivity contribution in [3.05, 3.63) is 53.2 Å². The number of fused-ring (bicyclic) bond motifs is 2. The topological polar surface area (TPSA) is 72.1 Å². The summed E-state index contributed by atoms with van der Waals surface area (Å²) in [6.07, 6.45) is 4.37. The molecule has 0 bridgehead atoms. The number of para-hydroxylation sites is 1. The minimum atomic E-state index is -0.518. The van der Waals surface area contributed by atoms with Gasteiger partial charge in [-0.25, -0.2) is 4.98 Å². The molecule has 5 nitrogen and oxygen atoms in total. The van der Waals surface area contributed by atoms with E-state index in [1.807, 2.05) is 18.2 Å². The van der Waals surface area contributed by atoms with E-state index in [2.05, 4.69) is 9.88 Å². The molecule has 2 N–H and O–H groups in total. The number of hydrogen-bond donors (Lipinski definition) is 1. The third kappa shape index (κ3) is 2.44. The maximum Gasteiger partial charge on any atom is 0.221 e. The SMILES string of the molecule is Cc1ccc(-c2cccc3c(N)c4c(nc23)CN(C2CCC2)C4C=O)c(F)n1. The van der Waals surface area contributed by atoms with Crippen LogP contribution in [0.15, 0.2) is 30.3 Å². The summed E-state index contributed by atoms with van der Waals surface area (Å²) in [6, 6.07) is 9.14. The number of benzene rings is 1. The summed E-state index contributed by atoms with van der Waals surface area (Å²) < 4.78 is 14.6. The fraction of sp³-hybridized carbons (Fsp3) is 0.318. The van der Waals surface area contributed by atoms with Gasteiger partial charge in [-0.2, -0.15) is 4.39 Å².